The zero-order valence-electron chi connectivity index (χ0n) is 16.6. The number of hydrogen-bond donors (Lipinski definition) is 2. The zero-order chi connectivity index (χ0) is 21.7. The van der Waals surface area contributed by atoms with E-state index >= 15 is 0 Å². The van der Waals surface area contributed by atoms with E-state index in [9.17, 15) is 15.0 Å². The van der Waals surface area contributed by atoms with Crippen molar-refractivity contribution >= 4 is 36.9 Å². The molecular weight excluding hydrogens is 428 g/mol. The van der Waals surface area contributed by atoms with Crippen LogP contribution in [-0.4, -0.2) is 53.9 Å². The fraction of sp³-hybridized carbons (Fsp3) is 0.500. The van der Waals surface area contributed by atoms with Crippen LogP contribution in [0.2, 0.25) is 10.0 Å². The Kier molecular flexibility index (Phi) is 5.66. The highest BCUT2D eigenvalue weighted by molar-refractivity contribution is 6.43. The molecule has 30 heavy (non-hydrogen) atoms. The maximum Gasteiger partial charge on any atom is 0.268 e. The molecule has 2 saturated heterocycles. The summed E-state index contributed by atoms with van der Waals surface area (Å²) < 4.78 is 6.76. The number of anilines is 1. The monoisotopic (exact) mass is 449 g/mol. The van der Waals surface area contributed by atoms with Crippen molar-refractivity contribution in [3.63, 3.8) is 0 Å². The lowest BCUT2D eigenvalue weighted by Gasteiger charge is -2.40. The lowest BCUT2D eigenvalue weighted by molar-refractivity contribution is -0.0920. The first-order valence-corrected chi connectivity index (χ1v) is 10.5. The van der Waals surface area contributed by atoms with Crippen LogP contribution in [0.4, 0.5) is 5.82 Å². The second kappa shape index (κ2) is 7.84. The lowest BCUT2D eigenvalue weighted by Crippen LogP contribution is -2.45. The fourth-order valence-corrected chi connectivity index (χ4v) is 4.73. The molecular formula is C20H22BCl2N3O4. The van der Waals surface area contributed by atoms with E-state index in [0.717, 1.165) is 32.5 Å². The molecule has 2 radical (unpaired) electrons. The number of rotatable bonds is 3. The van der Waals surface area contributed by atoms with Gasteiger partial charge < -0.3 is 19.8 Å². The van der Waals surface area contributed by atoms with Crippen LogP contribution < -0.4 is 10.5 Å². The second-order valence-corrected chi connectivity index (χ2v) is 8.87. The number of halogens is 2. The Morgan fingerprint density at radius 1 is 1.23 bits per heavy atom. The molecule has 2 fully saturated rings. The average Bonchev–Trinajstić information content (AvgIpc) is 3.12. The molecule has 0 unspecified atom stereocenters. The number of piperidine rings is 1. The summed E-state index contributed by atoms with van der Waals surface area (Å²) in [5.41, 5.74) is -3.54. The summed E-state index contributed by atoms with van der Waals surface area (Å²) in [6.45, 7) is 4.36. The minimum atomic E-state index is -2.87. The van der Waals surface area contributed by atoms with E-state index in [4.69, 9.17) is 35.8 Å². The number of aryl methyl sites for hydroxylation is 1. The summed E-state index contributed by atoms with van der Waals surface area (Å²) in [5, 5.41) is 20.9. The maximum atomic E-state index is 13.4. The molecule has 4 rings (SSSR count). The molecule has 1 aromatic heterocycles. The van der Waals surface area contributed by atoms with Gasteiger partial charge in [0.1, 0.15) is 22.9 Å². The van der Waals surface area contributed by atoms with Gasteiger partial charge in [-0.05, 0) is 43.7 Å². The molecule has 0 bridgehead atoms. The van der Waals surface area contributed by atoms with Crippen LogP contribution in [0.15, 0.2) is 23.0 Å². The number of nitrogens with zero attached hydrogens (tertiary/aromatic N) is 3. The third-order valence-electron chi connectivity index (χ3n) is 6.08. The second-order valence-electron chi connectivity index (χ2n) is 8.09. The number of aromatic nitrogens is 2. The smallest absolute Gasteiger partial charge is 0.268 e. The van der Waals surface area contributed by atoms with Gasteiger partial charge in [-0.3, -0.25) is 9.36 Å². The summed E-state index contributed by atoms with van der Waals surface area (Å²) >= 11 is 12.4. The predicted octanol–water partition coefficient (Wildman–Crippen LogP) is 2.12. The summed E-state index contributed by atoms with van der Waals surface area (Å²) in [5.74, 6) is 0.504. The molecule has 2 aliphatic rings. The summed E-state index contributed by atoms with van der Waals surface area (Å²) in [6, 6.07) is 4.84. The normalized spacial score (nSPS) is 18.9. The molecule has 1 spiro atoms. The Hall–Kier alpha value is -1.58. The van der Waals surface area contributed by atoms with E-state index in [2.05, 4.69) is 4.98 Å². The molecule has 0 atom stereocenters. The molecule has 2 N–H and O–H groups in total. The average molecular weight is 450 g/mol. The first-order valence-electron chi connectivity index (χ1n) is 9.78. The van der Waals surface area contributed by atoms with Gasteiger partial charge in [0.2, 0.25) is 0 Å². The van der Waals surface area contributed by atoms with Crippen molar-refractivity contribution in [1.29, 1.82) is 0 Å². The van der Waals surface area contributed by atoms with Crippen LogP contribution in [0.25, 0.3) is 5.69 Å². The highest BCUT2D eigenvalue weighted by atomic mass is 35.5. The standard InChI is InChI=1S/C20H22BCl2N3O4/c1-12-24-17(25-8-5-19(6-9-25)7-10-30-11-19)15(20(21,28)29)18(27)26(12)14-4-2-3-13(22)16(14)23/h2-4,28-29H,5-11H2,1H3. The quantitative estimate of drug-likeness (QED) is 0.551. The van der Waals surface area contributed by atoms with Crippen LogP contribution >= 0.6 is 23.2 Å². The van der Waals surface area contributed by atoms with Gasteiger partial charge in [0, 0.05) is 19.7 Å². The largest absolute Gasteiger partial charge is 0.381 e. The Morgan fingerprint density at radius 3 is 2.53 bits per heavy atom. The Balaban J connectivity index is 1.81. The molecule has 10 heteroatoms. The SMILES string of the molecule is [B]C(O)(O)c1c(N2CCC3(CCOC3)CC2)nc(C)n(-c2cccc(Cl)c2Cl)c1=O. The molecule has 158 valence electrons. The molecule has 0 saturated carbocycles. The zero-order valence-corrected chi connectivity index (χ0v) is 18.1. The minimum absolute atomic E-state index is 0.146. The van der Waals surface area contributed by atoms with E-state index in [1.807, 2.05) is 4.90 Å². The van der Waals surface area contributed by atoms with E-state index in [-0.39, 0.29) is 27.0 Å². The fourth-order valence-electron chi connectivity index (χ4n) is 4.35. The summed E-state index contributed by atoms with van der Waals surface area (Å²) in [4.78, 5) is 19.8. The highest BCUT2D eigenvalue weighted by Gasteiger charge is 2.40. The Bertz CT molecular complexity index is 1020. The summed E-state index contributed by atoms with van der Waals surface area (Å²) in [7, 11) is 5.60. The van der Waals surface area contributed by atoms with Crippen molar-refractivity contribution < 1.29 is 14.9 Å². The van der Waals surface area contributed by atoms with Crippen molar-refractivity contribution in [2.45, 2.75) is 31.9 Å². The number of aliphatic hydroxyl groups is 2. The van der Waals surface area contributed by atoms with Gasteiger partial charge in [0.05, 0.1) is 22.3 Å². The molecule has 2 aliphatic heterocycles. The third kappa shape index (κ3) is 3.76. The number of benzene rings is 1. The molecule has 0 aliphatic carbocycles. The van der Waals surface area contributed by atoms with Gasteiger partial charge >= 0.3 is 0 Å². The first-order chi connectivity index (χ1) is 14.1. The number of hydrogen-bond acceptors (Lipinski definition) is 6. The Morgan fingerprint density at radius 2 is 1.93 bits per heavy atom. The van der Waals surface area contributed by atoms with Crippen LogP contribution in [0.1, 0.15) is 30.7 Å². The highest BCUT2D eigenvalue weighted by Crippen LogP contribution is 2.40. The van der Waals surface area contributed by atoms with E-state index in [1.165, 1.54) is 4.57 Å². The molecule has 2 aromatic rings. The van der Waals surface area contributed by atoms with Crippen molar-refractivity contribution in [3.05, 3.63) is 50.0 Å². The minimum Gasteiger partial charge on any atom is -0.381 e. The van der Waals surface area contributed by atoms with Crippen molar-refractivity contribution in [2.24, 2.45) is 5.41 Å². The van der Waals surface area contributed by atoms with Crippen molar-refractivity contribution in [1.82, 2.24) is 9.55 Å². The third-order valence-corrected chi connectivity index (χ3v) is 6.89. The first kappa shape index (κ1) is 21.6. The number of ether oxygens (including phenoxy) is 1. The van der Waals surface area contributed by atoms with Gasteiger partial charge in [-0.15, -0.1) is 0 Å². The van der Waals surface area contributed by atoms with Crippen LogP contribution in [-0.2, 0) is 10.4 Å². The van der Waals surface area contributed by atoms with Gasteiger partial charge in [-0.25, -0.2) is 4.98 Å². The van der Waals surface area contributed by atoms with Crippen molar-refractivity contribution in [3.8, 4) is 5.69 Å². The van der Waals surface area contributed by atoms with Crippen molar-refractivity contribution in [2.75, 3.05) is 31.2 Å². The van der Waals surface area contributed by atoms with Gasteiger partial charge in [0.25, 0.3) is 5.56 Å². The van der Waals surface area contributed by atoms with Gasteiger partial charge in [-0.1, -0.05) is 29.3 Å². The molecule has 1 aromatic carbocycles. The van der Waals surface area contributed by atoms with E-state index < -0.39 is 16.8 Å². The van der Waals surface area contributed by atoms with Gasteiger partial charge in [0.15, 0.2) is 7.85 Å². The topological polar surface area (TPSA) is 87.8 Å². The van der Waals surface area contributed by atoms with E-state index in [1.54, 1.807) is 25.1 Å². The van der Waals surface area contributed by atoms with Crippen LogP contribution in [0.3, 0.4) is 0 Å². The van der Waals surface area contributed by atoms with E-state index in [0.29, 0.717) is 18.9 Å². The van der Waals surface area contributed by atoms with Crippen LogP contribution in [0, 0.1) is 12.3 Å². The predicted molar refractivity (Wildman–Crippen MR) is 116 cm³/mol. The summed E-state index contributed by atoms with van der Waals surface area (Å²) in [6.07, 6.45) is 2.74. The van der Waals surface area contributed by atoms with Gasteiger partial charge in [-0.2, -0.15) is 0 Å². The molecule has 0 amide bonds. The lowest BCUT2D eigenvalue weighted by atomic mass is 9.77. The van der Waals surface area contributed by atoms with Crippen LogP contribution in [0.5, 0.6) is 0 Å². The molecule has 3 heterocycles. The maximum absolute atomic E-state index is 13.4. The molecule has 7 nitrogen and oxygen atoms in total. The Labute approximate surface area is 185 Å².